The number of halogens is 3. The zero-order chi connectivity index (χ0) is 15.2. The van der Waals surface area contributed by atoms with E-state index < -0.39 is 11.6 Å². The van der Waals surface area contributed by atoms with E-state index in [1.807, 2.05) is 19.1 Å². The fourth-order valence-electron chi connectivity index (χ4n) is 2.36. The van der Waals surface area contributed by atoms with Crippen LogP contribution in [0.25, 0.3) is 0 Å². The molecule has 2 aromatic carbocycles. The van der Waals surface area contributed by atoms with Crippen molar-refractivity contribution in [1.29, 1.82) is 0 Å². The maximum absolute atomic E-state index is 13.8. The summed E-state index contributed by atoms with van der Waals surface area (Å²) in [6.45, 7) is 2.83. The molecule has 0 saturated carbocycles. The Hall–Kier alpha value is -1.26. The van der Waals surface area contributed by atoms with Crippen molar-refractivity contribution in [3.05, 3.63) is 69.7 Å². The van der Waals surface area contributed by atoms with Gasteiger partial charge in [0.2, 0.25) is 0 Å². The van der Waals surface area contributed by atoms with Crippen molar-refractivity contribution in [1.82, 2.24) is 5.32 Å². The minimum absolute atomic E-state index is 0.121. The van der Waals surface area contributed by atoms with Crippen LogP contribution in [0.5, 0.6) is 0 Å². The monoisotopic (exact) mass is 353 g/mol. The molecule has 1 N–H and O–H groups in total. The second-order valence-electron chi connectivity index (χ2n) is 5.03. The number of hydrogen-bond donors (Lipinski definition) is 1. The lowest BCUT2D eigenvalue weighted by Gasteiger charge is -2.18. The third-order valence-corrected chi connectivity index (χ3v) is 3.90. The van der Waals surface area contributed by atoms with Crippen LogP contribution in [0.4, 0.5) is 8.78 Å². The summed E-state index contributed by atoms with van der Waals surface area (Å²) in [7, 11) is 0. The maximum atomic E-state index is 13.8. The number of likely N-dealkylation sites (N-methyl/N-ethyl adjacent to an activating group) is 1. The molecule has 0 spiro atoms. The van der Waals surface area contributed by atoms with E-state index in [1.54, 1.807) is 0 Å². The van der Waals surface area contributed by atoms with Crippen LogP contribution in [0.1, 0.15) is 18.1 Å². The molecule has 0 fully saturated rings. The van der Waals surface area contributed by atoms with E-state index in [0.29, 0.717) is 12.0 Å². The van der Waals surface area contributed by atoms with Crippen molar-refractivity contribution in [2.75, 3.05) is 6.54 Å². The first-order valence-electron chi connectivity index (χ1n) is 7.00. The Bertz CT molecular complexity index is 584. The highest BCUT2D eigenvalue weighted by molar-refractivity contribution is 9.10. The van der Waals surface area contributed by atoms with Crippen molar-refractivity contribution in [2.24, 2.45) is 0 Å². The van der Waals surface area contributed by atoms with Crippen molar-refractivity contribution >= 4 is 15.9 Å². The Morgan fingerprint density at radius 3 is 2.38 bits per heavy atom. The van der Waals surface area contributed by atoms with Crippen LogP contribution in [0.15, 0.2) is 46.9 Å². The summed E-state index contributed by atoms with van der Waals surface area (Å²) in [6, 6.07) is 12.0. The van der Waals surface area contributed by atoms with E-state index in [1.165, 1.54) is 17.7 Å². The summed E-state index contributed by atoms with van der Waals surface area (Å²) in [4.78, 5) is 0. The average Bonchev–Trinajstić information content (AvgIpc) is 2.44. The highest BCUT2D eigenvalue weighted by Crippen LogP contribution is 2.16. The lowest BCUT2D eigenvalue weighted by molar-refractivity contribution is 0.501. The number of nitrogens with one attached hydrogen (secondary N) is 1. The summed E-state index contributed by atoms with van der Waals surface area (Å²) in [5, 5.41) is 3.36. The second kappa shape index (κ2) is 7.66. The predicted octanol–water partition coefficient (Wildman–Crippen LogP) is 4.49. The van der Waals surface area contributed by atoms with E-state index in [4.69, 9.17) is 0 Å². The molecule has 2 rings (SSSR count). The van der Waals surface area contributed by atoms with Crippen molar-refractivity contribution < 1.29 is 8.78 Å². The van der Waals surface area contributed by atoms with Crippen LogP contribution < -0.4 is 5.32 Å². The molecule has 0 aliphatic rings. The summed E-state index contributed by atoms with van der Waals surface area (Å²) in [6.07, 6.45) is 1.34. The quantitative estimate of drug-likeness (QED) is 0.806. The molecule has 4 heteroatoms. The first-order valence-corrected chi connectivity index (χ1v) is 7.79. The Balaban J connectivity index is 2.09. The first kappa shape index (κ1) is 16.1. The third-order valence-electron chi connectivity index (χ3n) is 3.37. The average molecular weight is 354 g/mol. The van der Waals surface area contributed by atoms with Gasteiger partial charge >= 0.3 is 0 Å². The van der Waals surface area contributed by atoms with Gasteiger partial charge in [0.25, 0.3) is 0 Å². The van der Waals surface area contributed by atoms with Crippen molar-refractivity contribution in [3.8, 4) is 0 Å². The Labute approximate surface area is 132 Å². The van der Waals surface area contributed by atoms with Crippen LogP contribution in [0, 0.1) is 11.6 Å². The fraction of sp³-hybridized carbons (Fsp3) is 0.294. The first-order chi connectivity index (χ1) is 10.1. The molecule has 0 saturated heterocycles. The minimum Gasteiger partial charge on any atom is -0.314 e. The summed E-state index contributed by atoms with van der Waals surface area (Å²) in [5.74, 6) is -1.02. The van der Waals surface area contributed by atoms with Gasteiger partial charge in [-0.1, -0.05) is 41.1 Å². The van der Waals surface area contributed by atoms with Gasteiger partial charge in [-0.3, -0.25) is 0 Å². The van der Waals surface area contributed by atoms with E-state index >= 15 is 0 Å². The minimum atomic E-state index is -0.538. The Kier molecular flexibility index (Phi) is 5.88. The smallest absolute Gasteiger partial charge is 0.129 e. The largest absolute Gasteiger partial charge is 0.314 e. The standard InChI is InChI=1S/C17H18BrF2N/c1-2-21-16(9-12-3-6-14(18)7-4-12)10-13-5-8-15(19)11-17(13)20/h3-8,11,16,21H,2,9-10H2,1H3. The van der Waals surface area contributed by atoms with Gasteiger partial charge in [0.05, 0.1) is 0 Å². The molecular weight excluding hydrogens is 336 g/mol. The van der Waals surface area contributed by atoms with E-state index in [-0.39, 0.29) is 6.04 Å². The Morgan fingerprint density at radius 2 is 1.76 bits per heavy atom. The zero-order valence-corrected chi connectivity index (χ0v) is 13.5. The van der Waals surface area contributed by atoms with E-state index in [9.17, 15) is 8.78 Å². The van der Waals surface area contributed by atoms with E-state index in [0.717, 1.165) is 23.5 Å². The molecule has 1 unspecified atom stereocenters. The van der Waals surface area contributed by atoms with Gasteiger partial charge in [0, 0.05) is 16.6 Å². The SMILES string of the molecule is CCNC(Cc1ccc(Br)cc1)Cc1ccc(F)cc1F. The highest BCUT2D eigenvalue weighted by atomic mass is 79.9. The van der Waals surface area contributed by atoms with Gasteiger partial charge in [0.1, 0.15) is 11.6 Å². The molecule has 0 radical (unpaired) electrons. The van der Waals surface area contributed by atoms with Gasteiger partial charge in [-0.2, -0.15) is 0 Å². The number of hydrogen-bond acceptors (Lipinski definition) is 1. The molecule has 0 bridgehead atoms. The van der Waals surface area contributed by atoms with Gasteiger partial charge in [-0.25, -0.2) is 8.78 Å². The number of rotatable bonds is 6. The maximum Gasteiger partial charge on any atom is 0.129 e. The lowest BCUT2D eigenvalue weighted by atomic mass is 9.98. The predicted molar refractivity (Wildman–Crippen MR) is 85.4 cm³/mol. The molecular formula is C17H18BrF2N. The Morgan fingerprint density at radius 1 is 1.05 bits per heavy atom. The van der Waals surface area contributed by atoms with Crippen LogP contribution in [0.3, 0.4) is 0 Å². The second-order valence-corrected chi connectivity index (χ2v) is 5.94. The highest BCUT2D eigenvalue weighted by Gasteiger charge is 2.13. The summed E-state index contributed by atoms with van der Waals surface area (Å²) >= 11 is 3.41. The molecule has 21 heavy (non-hydrogen) atoms. The van der Waals surface area contributed by atoms with Crippen LogP contribution in [-0.4, -0.2) is 12.6 Å². The summed E-state index contributed by atoms with van der Waals surface area (Å²) < 4.78 is 27.8. The number of benzene rings is 2. The molecule has 0 aliphatic carbocycles. The van der Waals surface area contributed by atoms with Gasteiger partial charge in [-0.15, -0.1) is 0 Å². The lowest BCUT2D eigenvalue weighted by Crippen LogP contribution is -2.33. The molecule has 1 nitrogen and oxygen atoms in total. The molecule has 2 aromatic rings. The molecule has 0 heterocycles. The van der Waals surface area contributed by atoms with Gasteiger partial charge in [-0.05, 0) is 48.7 Å². The summed E-state index contributed by atoms with van der Waals surface area (Å²) in [5.41, 5.74) is 1.73. The van der Waals surface area contributed by atoms with Crippen molar-refractivity contribution in [2.45, 2.75) is 25.8 Å². The van der Waals surface area contributed by atoms with Crippen LogP contribution in [0.2, 0.25) is 0 Å². The molecule has 1 atom stereocenters. The van der Waals surface area contributed by atoms with Crippen LogP contribution >= 0.6 is 15.9 Å². The van der Waals surface area contributed by atoms with Gasteiger partial charge < -0.3 is 5.32 Å². The van der Waals surface area contributed by atoms with Gasteiger partial charge in [0.15, 0.2) is 0 Å². The molecule has 0 aliphatic heterocycles. The molecule has 0 aromatic heterocycles. The van der Waals surface area contributed by atoms with Crippen molar-refractivity contribution in [3.63, 3.8) is 0 Å². The molecule has 112 valence electrons. The topological polar surface area (TPSA) is 12.0 Å². The fourth-order valence-corrected chi connectivity index (χ4v) is 2.63. The normalized spacial score (nSPS) is 12.4. The van der Waals surface area contributed by atoms with E-state index in [2.05, 4.69) is 33.4 Å². The molecule has 0 amide bonds. The van der Waals surface area contributed by atoms with Crippen LogP contribution in [-0.2, 0) is 12.8 Å². The zero-order valence-electron chi connectivity index (χ0n) is 11.9. The third kappa shape index (κ3) is 4.90.